The zero-order valence-electron chi connectivity index (χ0n) is 7.47. The fraction of sp³-hybridized carbons (Fsp3) is 0.750. The van der Waals surface area contributed by atoms with Gasteiger partial charge in [0.25, 0.3) is 0 Å². The third-order valence-corrected chi connectivity index (χ3v) is 1.13. The van der Waals surface area contributed by atoms with Gasteiger partial charge in [0.05, 0.1) is 0 Å². The molecule has 58 valence electrons. The van der Waals surface area contributed by atoms with Crippen LogP contribution in [0.3, 0.4) is 0 Å². The molecular weight excluding hydrogens is 124 g/mol. The Morgan fingerprint density at radius 1 is 1.30 bits per heavy atom. The van der Waals surface area contributed by atoms with Gasteiger partial charge in [-0.1, -0.05) is 20.8 Å². The van der Waals surface area contributed by atoms with Crippen molar-refractivity contribution in [2.45, 2.75) is 27.7 Å². The molecule has 0 bridgehead atoms. The van der Waals surface area contributed by atoms with E-state index in [0.29, 0.717) is 0 Å². The molecule has 0 aromatic rings. The lowest BCUT2D eigenvalue weighted by Crippen LogP contribution is -2.17. The van der Waals surface area contributed by atoms with Crippen LogP contribution in [-0.4, -0.2) is 19.1 Å². The third-order valence-electron chi connectivity index (χ3n) is 1.13. The van der Waals surface area contributed by atoms with Crippen LogP contribution in [0.25, 0.3) is 0 Å². The second-order valence-corrected chi connectivity index (χ2v) is 3.18. The van der Waals surface area contributed by atoms with Crippen LogP contribution in [0, 0.1) is 5.41 Å². The zero-order valence-corrected chi connectivity index (χ0v) is 7.47. The molecule has 0 aliphatic rings. The van der Waals surface area contributed by atoms with E-state index >= 15 is 0 Å². The molecule has 0 aliphatic carbocycles. The summed E-state index contributed by atoms with van der Waals surface area (Å²) in [6.07, 6.45) is 1.77. The van der Waals surface area contributed by atoms with E-state index in [-0.39, 0.29) is 5.41 Å². The van der Waals surface area contributed by atoms with Crippen LogP contribution >= 0.6 is 0 Å². The zero-order chi connectivity index (χ0) is 8.20. The van der Waals surface area contributed by atoms with E-state index in [4.69, 9.17) is 0 Å². The summed E-state index contributed by atoms with van der Waals surface area (Å²) in [5.74, 6) is 0.898. The Labute approximate surface area is 63.1 Å². The molecule has 0 radical (unpaired) electrons. The summed E-state index contributed by atoms with van der Waals surface area (Å²) < 4.78 is 0. The van der Waals surface area contributed by atoms with Crippen molar-refractivity contribution in [2.75, 3.05) is 7.05 Å². The average Bonchev–Trinajstić information content (AvgIpc) is 1.80. The SMILES string of the molecule is CC=NC(=NC)C(C)(C)C. The van der Waals surface area contributed by atoms with Crippen LogP contribution in [0.15, 0.2) is 9.98 Å². The van der Waals surface area contributed by atoms with E-state index in [1.807, 2.05) is 6.92 Å². The predicted octanol–water partition coefficient (Wildman–Crippen LogP) is 2.15. The first-order chi connectivity index (χ1) is 4.52. The van der Waals surface area contributed by atoms with Crippen molar-refractivity contribution in [3.8, 4) is 0 Å². The van der Waals surface area contributed by atoms with Gasteiger partial charge >= 0.3 is 0 Å². The number of nitrogens with zero attached hydrogens (tertiary/aromatic N) is 2. The van der Waals surface area contributed by atoms with Gasteiger partial charge in [0.2, 0.25) is 0 Å². The van der Waals surface area contributed by atoms with Crippen molar-refractivity contribution in [2.24, 2.45) is 15.4 Å². The summed E-state index contributed by atoms with van der Waals surface area (Å²) in [5.41, 5.74) is 0.0707. The van der Waals surface area contributed by atoms with Crippen molar-refractivity contribution in [1.29, 1.82) is 0 Å². The van der Waals surface area contributed by atoms with E-state index in [2.05, 4.69) is 30.8 Å². The highest BCUT2D eigenvalue weighted by molar-refractivity contribution is 5.92. The van der Waals surface area contributed by atoms with Crippen molar-refractivity contribution in [3.05, 3.63) is 0 Å². The summed E-state index contributed by atoms with van der Waals surface area (Å²) in [5, 5.41) is 0. The van der Waals surface area contributed by atoms with E-state index in [1.165, 1.54) is 0 Å². The summed E-state index contributed by atoms with van der Waals surface area (Å²) in [4.78, 5) is 8.21. The molecule has 0 aliphatic heterocycles. The van der Waals surface area contributed by atoms with Crippen molar-refractivity contribution >= 4 is 12.1 Å². The lowest BCUT2D eigenvalue weighted by molar-refractivity contribution is 0.584. The molecule has 0 amide bonds. The molecule has 0 spiro atoms. The van der Waals surface area contributed by atoms with Gasteiger partial charge in [-0.2, -0.15) is 0 Å². The van der Waals surface area contributed by atoms with Crippen molar-refractivity contribution in [1.82, 2.24) is 0 Å². The molecule has 0 rings (SSSR count). The van der Waals surface area contributed by atoms with E-state index in [9.17, 15) is 0 Å². The topological polar surface area (TPSA) is 24.7 Å². The van der Waals surface area contributed by atoms with Crippen LogP contribution in [-0.2, 0) is 0 Å². The van der Waals surface area contributed by atoms with Crippen LogP contribution in [0.4, 0.5) is 0 Å². The number of hydrogen-bond donors (Lipinski definition) is 0. The minimum atomic E-state index is 0.0707. The lowest BCUT2D eigenvalue weighted by atomic mass is 9.95. The molecule has 0 aromatic carbocycles. The normalized spacial score (nSPS) is 14.7. The first-order valence-electron chi connectivity index (χ1n) is 3.48. The highest BCUT2D eigenvalue weighted by Crippen LogP contribution is 2.16. The Bertz CT molecular complexity index is 149. The van der Waals surface area contributed by atoms with Gasteiger partial charge in [-0.3, -0.25) is 4.99 Å². The number of hydrogen-bond acceptors (Lipinski definition) is 1. The number of aliphatic imine (C=N–C) groups is 2. The highest BCUT2D eigenvalue weighted by Gasteiger charge is 2.16. The van der Waals surface area contributed by atoms with Crippen molar-refractivity contribution < 1.29 is 0 Å². The summed E-state index contributed by atoms with van der Waals surface area (Å²) in [6.45, 7) is 8.20. The molecule has 0 heterocycles. The standard InChI is InChI=1S/C8H16N2/c1-6-10-7(9-5)8(2,3)4/h6H,1-5H3. The molecule has 2 heteroatoms. The van der Waals surface area contributed by atoms with E-state index in [1.54, 1.807) is 13.3 Å². The maximum Gasteiger partial charge on any atom is 0.127 e. The van der Waals surface area contributed by atoms with E-state index < -0.39 is 0 Å². The molecule has 0 unspecified atom stereocenters. The molecule has 0 saturated heterocycles. The average molecular weight is 140 g/mol. The Balaban J connectivity index is 4.39. The molecule has 0 saturated carbocycles. The van der Waals surface area contributed by atoms with Gasteiger partial charge in [-0.15, -0.1) is 0 Å². The Hall–Kier alpha value is -0.660. The lowest BCUT2D eigenvalue weighted by Gasteiger charge is -2.16. The minimum Gasteiger partial charge on any atom is -0.273 e. The van der Waals surface area contributed by atoms with Crippen LogP contribution in [0.2, 0.25) is 0 Å². The number of rotatable bonds is 0. The van der Waals surface area contributed by atoms with Gasteiger partial charge in [0, 0.05) is 18.7 Å². The van der Waals surface area contributed by atoms with Gasteiger partial charge in [0.1, 0.15) is 5.84 Å². The fourth-order valence-corrected chi connectivity index (χ4v) is 0.709. The summed E-state index contributed by atoms with van der Waals surface area (Å²) in [6, 6.07) is 0. The second-order valence-electron chi connectivity index (χ2n) is 3.18. The van der Waals surface area contributed by atoms with Crippen LogP contribution in [0.1, 0.15) is 27.7 Å². The Kier molecular flexibility index (Phi) is 3.26. The first kappa shape index (κ1) is 9.34. The van der Waals surface area contributed by atoms with Gasteiger partial charge in [0.15, 0.2) is 0 Å². The van der Waals surface area contributed by atoms with Gasteiger partial charge in [-0.05, 0) is 6.92 Å². The fourth-order valence-electron chi connectivity index (χ4n) is 0.709. The maximum absolute atomic E-state index is 4.14. The summed E-state index contributed by atoms with van der Waals surface area (Å²) >= 11 is 0. The first-order valence-corrected chi connectivity index (χ1v) is 3.48. The molecule has 0 N–H and O–H groups in total. The molecule has 0 atom stereocenters. The molecule has 2 nitrogen and oxygen atoms in total. The largest absolute Gasteiger partial charge is 0.273 e. The maximum atomic E-state index is 4.14. The van der Waals surface area contributed by atoms with E-state index in [0.717, 1.165) is 5.84 Å². The third kappa shape index (κ3) is 2.76. The minimum absolute atomic E-state index is 0.0707. The van der Waals surface area contributed by atoms with Crippen LogP contribution < -0.4 is 0 Å². The molecule has 0 aromatic heterocycles. The van der Waals surface area contributed by atoms with Gasteiger partial charge < -0.3 is 0 Å². The molecular formula is C8H16N2. The van der Waals surface area contributed by atoms with Crippen molar-refractivity contribution in [3.63, 3.8) is 0 Å². The highest BCUT2D eigenvalue weighted by atomic mass is 14.9. The Morgan fingerprint density at radius 3 is 1.90 bits per heavy atom. The Morgan fingerprint density at radius 2 is 1.80 bits per heavy atom. The predicted molar refractivity (Wildman–Crippen MR) is 47.0 cm³/mol. The number of amidine groups is 1. The molecule has 0 fully saturated rings. The van der Waals surface area contributed by atoms with Crippen LogP contribution in [0.5, 0.6) is 0 Å². The second kappa shape index (κ2) is 3.49. The summed E-state index contributed by atoms with van der Waals surface area (Å²) in [7, 11) is 1.77. The quantitative estimate of drug-likeness (QED) is 0.364. The molecule has 10 heavy (non-hydrogen) atoms. The monoisotopic (exact) mass is 140 g/mol. The smallest absolute Gasteiger partial charge is 0.127 e. The van der Waals surface area contributed by atoms with Gasteiger partial charge in [-0.25, -0.2) is 4.99 Å².